The first-order valence-corrected chi connectivity index (χ1v) is 9.74. The number of aryl methyl sites for hydroxylation is 2. The van der Waals surface area contributed by atoms with Gasteiger partial charge in [0.1, 0.15) is 0 Å². The van der Waals surface area contributed by atoms with Crippen molar-refractivity contribution in [2.75, 3.05) is 10.6 Å². The van der Waals surface area contributed by atoms with Gasteiger partial charge in [0, 0.05) is 22.5 Å². The van der Waals surface area contributed by atoms with E-state index in [9.17, 15) is 9.59 Å². The number of para-hydroxylation sites is 1. The van der Waals surface area contributed by atoms with Gasteiger partial charge in [0.25, 0.3) is 11.8 Å². The average molecular weight is 386 g/mol. The fourth-order valence-electron chi connectivity index (χ4n) is 3.21. The highest BCUT2D eigenvalue weighted by Gasteiger charge is 2.15. The molecule has 3 aromatic carbocycles. The minimum Gasteiger partial charge on any atom is -0.322 e. The number of anilines is 2. The number of benzene rings is 3. The molecular formula is C25H26N2O2. The number of amides is 2. The Balaban J connectivity index is 1.85. The first-order valence-electron chi connectivity index (χ1n) is 9.74. The largest absolute Gasteiger partial charge is 0.322 e. The van der Waals surface area contributed by atoms with Crippen LogP contribution in [-0.4, -0.2) is 11.8 Å². The van der Waals surface area contributed by atoms with Gasteiger partial charge < -0.3 is 10.6 Å². The quantitative estimate of drug-likeness (QED) is 0.571. The summed E-state index contributed by atoms with van der Waals surface area (Å²) < 4.78 is 0. The fourth-order valence-corrected chi connectivity index (χ4v) is 3.21. The van der Waals surface area contributed by atoms with E-state index in [0.29, 0.717) is 22.7 Å². The first-order chi connectivity index (χ1) is 13.9. The number of hydrogen-bond acceptors (Lipinski definition) is 2. The lowest BCUT2D eigenvalue weighted by molar-refractivity contribution is 0.101. The molecule has 0 aliphatic rings. The predicted molar refractivity (Wildman–Crippen MR) is 119 cm³/mol. The molecule has 0 atom stereocenters. The molecule has 3 rings (SSSR count). The van der Waals surface area contributed by atoms with Crippen molar-refractivity contribution in [3.8, 4) is 0 Å². The molecule has 4 nitrogen and oxygen atoms in total. The van der Waals surface area contributed by atoms with Crippen LogP contribution in [0, 0.1) is 13.8 Å². The Bertz CT molecular complexity index is 1040. The van der Waals surface area contributed by atoms with Crippen LogP contribution >= 0.6 is 0 Å². The van der Waals surface area contributed by atoms with E-state index in [1.54, 1.807) is 24.3 Å². The maximum absolute atomic E-state index is 12.9. The molecule has 2 amide bonds. The van der Waals surface area contributed by atoms with E-state index < -0.39 is 0 Å². The van der Waals surface area contributed by atoms with Crippen molar-refractivity contribution >= 4 is 23.2 Å². The fraction of sp³-hybridized carbons (Fsp3) is 0.200. The molecule has 0 saturated heterocycles. The Morgan fingerprint density at radius 2 is 1.41 bits per heavy atom. The number of carbonyl (C=O) groups excluding carboxylic acids is 2. The maximum atomic E-state index is 12.9. The molecule has 0 aliphatic carbocycles. The van der Waals surface area contributed by atoms with E-state index in [4.69, 9.17) is 0 Å². The van der Waals surface area contributed by atoms with Crippen LogP contribution in [-0.2, 0) is 0 Å². The van der Waals surface area contributed by atoms with Crippen molar-refractivity contribution in [3.63, 3.8) is 0 Å². The van der Waals surface area contributed by atoms with E-state index in [1.165, 1.54) is 0 Å². The summed E-state index contributed by atoms with van der Waals surface area (Å²) >= 11 is 0. The zero-order valence-electron chi connectivity index (χ0n) is 17.2. The average Bonchev–Trinajstić information content (AvgIpc) is 2.71. The molecule has 0 heterocycles. The molecule has 2 N–H and O–H groups in total. The normalized spacial score (nSPS) is 10.7. The van der Waals surface area contributed by atoms with Gasteiger partial charge in [-0.15, -0.1) is 0 Å². The summed E-state index contributed by atoms with van der Waals surface area (Å²) in [4.78, 5) is 25.4. The third-order valence-corrected chi connectivity index (χ3v) is 4.95. The minimum absolute atomic E-state index is 0.198. The Morgan fingerprint density at radius 1 is 0.724 bits per heavy atom. The van der Waals surface area contributed by atoms with Crippen molar-refractivity contribution in [2.24, 2.45) is 0 Å². The van der Waals surface area contributed by atoms with Crippen LogP contribution < -0.4 is 10.6 Å². The van der Waals surface area contributed by atoms with E-state index in [-0.39, 0.29) is 11.8 Å². The molecule has 0 bridgehead atoms. The standard InChI is InChI=1S/C25H26N2O2/c1-16(2)21-12-8-9-18(4)23(21)27-25(29)20-14-13-17(3)22(15-20)26-24(28)19-10-6-5-7-11-19/h5-16H,1-4H3,(H,26,28)(H,27,29). The number of nitrogens with one attached hydrogen (secondary N) is 2. The zero-order chi connectivity index (χ0) is 21.0. The second-order valence-corrected chi connectivity index (χ2v) is 7.50. The highest BCUT2D eigenvalue weighted by Crippen LogP contribution is 2.28. The molecular weight excluding hydrogens is 360 g/mol. The molecule has 0 saturated carbocycles. The van der Waals surface area contributed by atoms with Gasteiger partial charge in [0.05, 0.1) is 0 Å². The topological polar surface area (TPSA) is 58.2 Å². The Hall–Kier alpha value is -3.40. The van der Waals surface area contributed by atoms with Gasteiger partial charge in [0.15, 0.2) is 0 Å². The van der Waals surface area contributed by atoms with Gasteiger partial charge in [-0.25, -0.2) is 0 Å². The van der Waals surface area contributed by atoms with E-state index in [2.05, 4.69) is 24.5 Å². The molecule has 29 heavy (non-hydrogen) atoms. The molecule has 0 aliphatic heterocycles. The van der Waals surface area contributed by atoms with E-state index in [0.717, 1.165) is 22.4 Å². The molecule has 0 aromatic heterocycles. The highest BCUT2D eigenvalue weighted by molar-refractivity contribution is 6.08. The van der Waals surface area contributed by atoms with Crippen LogP contribution in [0.15, 0.2) is 66.7 Å². The molecule has 148 valence electrons. The lowest BCUT2D eigenvalue weighted by Crippen LogP contribution is -2.17. The second-order valence-electron chi connectivity index (χ2n) is 7.50. The Morgan fingerprint density at radius 3 is 2.10 bits per heavy atom. The van der Waals surface area contributed by atoms with Crippen LogP contribution in [0.1, 0.15) is 57.2 Å². The van der Waals surface area contributed by atoms with Gasteiger partial charge in [-0.2, -0.15) is 0 Å². The van der Waals surface area contributed by atoms with Crippen LogP contribution in [0.3, 0.4) is 0 Å². The smallest absolute Gasteiger partial charge is 0.255 e. The van der Waals surface area contributed by atoms with E-state index in [1.807, 2.05) is 56.3 Å². The lowest BCUT2D eigenvalue weighted by Gasteiger charge is -2.17. The highest BCUT2D eigenvalue weighted by atomic mass is 16.2. The summed E-state index contributed by atoms with van der Waals surface area (Å²) in [5.41, 5.74) is 5.56. The van der Waals surface area contributed by atoms with Gasteiger partial charge >= 0.3 is 0 Å². The van der Waals surface area contributed by atoms with Crippen LogP contribution in [0.25, 0.3) is 0 Å². The SMILES string of the molecule is Cc1ccc(C(=O)Nc2c(C)cccc2C(C)C)cc1NC(=O)c1ccccc1. The van der Waals surface area contributed by atoms with Crippen molar-refractivity contribution in [3.05, 3.63) is 94.5 Å². The maximum Gasteiger partial charge on any atom is 0.255 e. The minimum atomic E-state index is -0.202. The summed E-state index contributed by atoms with van der Waals surface area (Å²) in [7, 11) is 0. The predicted octanol–water partition coefficient (Wildman–Crippen LogP) is 5.93. The van der Waals surface area contributed by atoms with E-state index >= 15 is 0 Å². The van der Waals surface area contributed by atoms with Crippen LogP contribution in [0.5, 0.6) is 0 Å². The second kappa shape index (κ2) is 8.74. The van der Waals surface area contributed by atoms with Gasteiger partial charge in [-0.3, -0.25) is 9.59 Å². The summed E-state index contributed by atoms with van der Waals surface area (Å²) in [5, 5.41) is 5.96. The van der Waals surface area contributed by atoms with Gasteiger partial charge in [-0.05, 0) is 60.7 Å². The molecule has 0 fully saturated rings. The van der Waals surface area contributed by atoms with Crippen LogP contribution in [0.2, 0.25) is 0 Å². The summed E-state index contributed by atoms with van der Waals surface area (Å²) in [6, 6.07) is 20.4. The first kappa shape index (κ1) is 20.3. The number of carbonyl (C=O) groups is 2. The van der Waals surface area contributed by atoms with Gasteiger partial charge in [-0.1, -0.05) is 56.3 Å². The van der Waals surface area contributed by atoms with Crippen molar-refractivity contribution in [1.82, 2.24) is 0 Å². The Labute approximate surface area is 172 Å². The van der Waals surface area contributed by atoms with Crippen LogP contribution in [0.4, 0.5) is 11.4 Å². The third-order valence-electron chi connectivity index (χ3n) is 4.95. The summed E-state index contributed by atoms with van der Waals surface area (Å²) in [5.74, 6) is -0.104. The van der Waals surface area contributed by atoms with Crippen molar-refractivity contribution in [1.29, 1.82) is 0 Å². The van der Waals surface area contributed by atoms with Crippen molar-refractivity contribution in [2.45, 2.75) is 33.6 Å². The summed E-state index contributed by atoms with van der Waals surface area (Å²) in [6.07, 6.45) is 0. The lowest BCUT2D eigenvalue weighted by atomic mass is 9.98. The third kappa shape index (κ3) is 4.72. The molecule has 3 aromatic rings. The Kier molecular flexibility index (Phi) is 6.13. The van der Waals surface area contributed by atoms with Crippen molar-refractivity contribution < 1.29 is 9.59 Å². The molecule has 0 unspecified atom stereocenters. The van der Waals surface area contributed by atoms with Gasteiger partial charge in [0.2, 0.25) is 0 Å². The zero-order valence-corrected chi connectivity index (χ0v) is 17.2. The molecule has 0 radical (unpaired) electrons. The summed E-state index contributed by atoms with van der Waals surface area (Å²) in [6.45, 7) is 8.10. The monoisotopic (exact) mass is 386 g/mol. The number of hydrogen-bond donors (Lipinski definition) is 2. The number of rotatable bonds is 5. The molecule has 4 heteroatoms. The molecule has 0 spiro atoms.